The molecule has 37 heavy (non-hydrogen) atoms. The van der Waals surface area contributed by atoms with E-state index in [4.69, 9.17) is 15.0 Å². The first-order chi connectivity index (χ1) is 18.3. The summed E-state index contributed by atoms with van der Waals surface area (Å²) in [5, 5.41) is 2.53. The van der Waals surface area contributed by atoms with Gasteiger partial charge in [0.2, 0.25) is 0 Å². The van der Waals surface area contributed by atoms with Gasteiger partial charge >= 0.3 is 0 Å². The SMILES string of the molecule is c1ccc(-c2ccc3sc4cc(-c5nc(-c6ccccc6)nc(-c6ccccc6)n5)ccc4c3c2)cc1. The van der Waals surface area contributed by atoms with E-state index in [0.717, 1.165) is 16.7 Å². The summed E-state index contributed by atoms with van der Waals surface area (Å²) in [6, 6.07) is 44.0. The van der Waals surface area contributed by atoms with Crippen molar-refractivity contribution in [1.29, 1.82) is 0 Å². The molecule has 0 aliphatic heterocycles. The minimum absolute atomic E-state index is 0.674. The van der Waals surface area contributed by atoms with Crippen LogP contribution in [0.25, 0.3) is 65.5 Å². The van der Waals surface area contributed by atoms with Gasteiger partial charge in [-0.05, 0) is 29.3 Å². The summed E-state index contributed by atoms with van der Waals surface area (Å²) in [6.45, 7) is 0. The minimum atomic E-state index is 0.674. The summed E-state index contributed by atoms with van der Waals surface area (Å²) in [6.07, 6.45) is 0. The fourth-order valence-corrected chi connectivity index (χ4v) is 5.79. The molecule has 0 atom stereocenters. The number of hydrogen-bond acceptors (Lipinski definition) is 4. The molecular weight excluding hydrogens is 470 g/mol. The van der Waals surface area contributed by atoms with Gasteiger partial charge in [0.1, 0.15) is 0 Å². The highest BCUT2D eigenvalue weighted by Gasteiger charge is 2.14. The lowest BCUT2D eigenvalue weighted by atomic mass is 10.0. The quantitative estimate of drug-likeness (QED) is 0.247. The molecule has 0 bridgehead atoms. The van der Waals surface area contributed by atoms with E-state index >= 15 is 0 Å². The van der Waals surface area contributed by atoms with Gasteiger partial charge in [0.05, 0.1) is 0 Å². The first-order valence-electron chi connectivity index (χ1n) is 12.2. The third-order valence-corrected chi connectivity index (χ3v) is 7.67. The second-order valence-corrected chi connectivity index (χ2v) is 10.0. The lowest BCUT2D eigenvalue weighted by molar-refractivity contribution is 1.07. The van der Waals surface area contributed by atoms with Crippen molar-refractivity contribution >= 4 is 31.5 Å². The highest BCUT2D eigenvalue weighted by Crippen LogP contribution is 2.38. The Morgan fingerprint density at radius 3 is 1.46 bits per heavy atom. The summed E-state index contributed by atoms with van der Waals surface area (Å²) in [7, 11) is 0. The third kappa shape index (κ3) is 4.07. The highest BCUT2D eigenvalue weighted by atomic mass is 32.1. The van der Waals surface area contributed by atoms with Crippen LogP contribution < -0.4 is 0 Å². The Morgan fingerprint density at radius 2 is 0.865 bits per heavy atom. The van der Waals surface area contributed by atoms with Crippen LogP contribution in [0.15, 0.2) is 127 Å². The molecule has 3 nitrogen and oxygen atoms in total. The van der Waals surface area contributed by atoms with Crippen LogP contribution in [0.2, 0.25) is 0 Å². The Morgan fingerprint density at radius 1 is 0.351 bits per heavy atom. The van der Waals surface area contributed by atoms with Crippen molar-refractivity contribution in [2.45, 2.75) is 0 Å². The molecule has 7 aromatic rings. The number of thiophene rings is 1. The van der Waals surface area contributed by atoms with Gasteiger partial charge in [-0.1, -0.05) is 109 Å². The second-order valence-electron chi connectivity index (χ2n) is 8.93. The summed E-state index contributed by atoms with van der Waals surface area (Å²) in [5.41, 5.74) is 5.39. The normalized spacial score (nSPS) is 11.2. The van der Waals surface area contributed by atoms with E-state index in [1.807, 2.05) is 60.7 Å². The van der Waals surface area contributed by atoms with Gasteiger partial charge in [-0.15, -0.1) is 11.3 Å². The molecular formula is C33H21N3S. The Balaban J connectivity index is 1.37. The minimum Gasteiger partial charge on any atom is -0.208 e. The highest BCUT2D eigenvalue weighted by molar-refractivity contribution is 7.25. The van der Waals surface area contributed by atoms with Crippen LogP contribution in [0.1, 0.15) is 0 Å². The summed E-state index contributed by atoms with van der Waals surface area (Å²) < 4.78 is 2.50. The molecule has 0 N–H and O–H groups in total. The molecule has 5 aromatic carbocycles. The number of aromatic nitrogens is 3. The molecule has 0 unspecified atom stereocenters. The number of benzene rings is 5. The number of hydrogen-bond donors (Lipinski definition) is 0. The molecule has 0 saturated heterocycles. The molecule has 174 valence electrons. The van der Waals surface area contributed by atoms with E-state index < -0.39 is 0 Å². The number of rotatable bonds is 4. The van der Waals surface area contributed by atoms with Gasteiger partial charge in [0.15, 0.2) is 17.5 Å². The Bertz CT molecular complexity index is 1800. The standard InChI is InChI=1S/C33H21N3S/c1-4-10-22(11-5-1)25-17-19-29-28(20-25)27-18-16-26(21-30(27)37-29)33-35-31(23-12-6-2-7-13-23)34-32(36-33)24-14-8-3-9-15-24/h1-21H. The van der Waals surface area contributed by atoms with E-state index in [2.05, 4.69) is 66.7 Å². The van der Waals surface area contributed by atoms with Crippen molar-refractivity contribution in [2.24, 2.45) is 0 Å². The van der Waals surface area contributed by atoms with Gasteiger partial charge in [-0.3, -0.25) is 0 Å². The van der Waals surface area contributed by atoms with Crippen LogP contribution in [0.5, 0.6) is 0 Å². The van der Waals surface area contributed by atoms with Crippen molar-refractivity contribution in [3.63, 3.8) is 0 Å². The molecule has 0 radical (unpaired) electrons. The van der Waals surface area contributed by atoms with E-state index in [1.54, 1.807) is 11.3 Å². The monoisotopic (exact) mass is 491 g/mol. The molecule has 2 heterocycles. The lowest BCUT2D eigenvalue weighted by Gasteiger charge is -2.08. The largest absolute Gasteiger partial charge is 0.208 e. The Kier molecular flexibility index (Phi) is 5.30. The zero-order valence-electron chi connectivity index (χ0n) is 19.9. The average Bonchev–Trinajstić information content (AvgIpc) is 3.35. The number of fused-ring (bicyclic) bond motifs is 3. The molecule has 2 aromatic heterocycles. The van der Waals surface area contributed by atoms with Crippen molar-refractivity contribution in [1.82, 2.24) is 15.0 Å². The third-order valence-electron chi connectivity index (χ3n) is 6.54. The van der Waals surface area contributed by atoms with Crippen LogP contribution in [0, 0.1) is 0 Å². The zero-order chi connectivity index (χ0) is 24.6. The van der Waals surface area contributed by atoms with Gasteiger partial charge < -0.3 is 0 Å². The maximum Gasteiger partial charge on any atom is 0.164 e. The zero-order valence-corrected chi connectivity index (χ0v) is 20.7. The van der Waals surface area contributed by atoms with Crippen molar-refractivity contribution in [3.05, 3.63) is 127 Å². The molecule has 4 heteroatoms. The molecule has 0 spiro atoms. The fraction of sp³-hybridized carbons (Fsp3) is 0. The molecule has 0 fully saturated rings. The Hall–Kier alpha value is -4.67. The predicted molar refractivity (Wildman–Crippen MR) is 154 cm³/mol. The fourth-order valence-electron chi connectivity index (χ4n) is 4.66. The first-order valence-corrected chi connectivity index (χ1v) is 13.0. The summed E-state index contributed by atoms with van der Waals surface area (Å²) in [4.78, 5) is 14.6. The van der Waals surface area contributed by atoms with Crippen LogP contribution in [0.4, 0.5) is 0 Å². The van der Waals surface area contributed by atoms with Crippen LogP contribution in [-0.2, 0) is 0 Å². The molecule has 0 aliphatic carbocycles. The van der Waals surface area contributed by atoms with E-state index in [1.165, 1.54) is 31.3 Å². The smallest absolute Gasteiger partial charge is 0.164 e. The van der Waals surface area contributed by atoms with E-state index in [9.17, 15) is 0 Å². The first kappa shape index (κ1) is 21.6. The van der Waals surface area contributed by atoms with Gasteiger partial charge in [0.25, 0.3) is 0 Å². The lowest BCUT2D eigenvalue weighted by Crippen LogP contribution is -1.99. The van der Waals surface area contributed by atoms with Gasteiger partial charge in [0, 0.05) is 36.9 Å². The van der Waals surface area contributed by atoms with Crippen molar-refractivity contribution < 1.29 is 0 Å². The van der Waals surface area contributed by atoms with E-state index in [0.29, 0.717) is 17.5 Å². The van der Waals surface area contributed by atoms with Crippen LogP contribution >= 0.6 is 11.3 Å². The van der Waals surface area contributed by atoms with Gasteiger partial charge in [-0.25, -0.2) is 15.0 Å². The maximum absolute atomic E-state index is 4.90. The molecule has 0 amide bonds. The molecule has 7 rings (SSSR count). The van der Waals surface area contributed by atoms with E-state index in [-0.39, 0.29) is 0 Å². The second kappa shape index (κ2) is 9.08. The Labute approximate surface area is 218 Å². The van der Waals surface area contributed by atoms with Gasteiger partial charge in [-0.2, -0.15) is 0 Å². The summed E-state index contributed by atoms with van der Waals surface area (Å²) in [5.74, 6) is 2.03. The topological polar surface area (TPSA) is 38.7 Å². The van der Waals surface area contributed by atoms with Crippen LogP contribution in [-0.4, -0.2) is 15.0 Å². The van der Waals surface area contributed by atoms with Crippen LogP contribution in [0.3, 0.4) is 0 Å². The predicted octanol–water partition coefficient (Wildman–Crippen LogP) is 8.91. The summed E-state index contributed by atoms with van der Waals surface area (Å²) >= 11 is 1.80. The maximum atomic E-state index is 4.90. The average molecular weight is 492 g/mol. The van der Waals surface area contributed by atoms with Crippen molar-refractivity contribution in [3.8, 4) is 45.3 Å². The molecule has 0 saturated carbocycles. The molecule has 0 aliphatic rings. The number of nitrogens with zero attached hydrogens (tertiary/aromatic N) is 3. The van der Waals surface area contributed by atoms with Crippen molar-refractivity contribution in [2.75, 3.05) is 0 Å².